The largest absolute Gasteiger partial charge is 0.460 e. The van der Waals surface area contributed by atoms with Crippen molar-refractivity contribution in [3.8, 4) is 5.69 Å². The van der Waals surface area contributed by atoms with Crippen LogP contribution in [0.15, 0.2) is 71.7 Å². The Balaban J connectivity index is 1.54. The number of aromatic nitrogens is 3. The molecular weight excluding hydrogens is 316 g/mol. The smallest absolute Gasteiger partial charge is 0.234 e. The molecule has 4 rings (SSSR count). The Labute approximate surface area is 144 Å². The van der Waals surface area contributed by atoms with Gasteiger partial charge in [-0.25, -0.2) is 0 Å². The van der Waals surface area contributed by atoms with Crippen LogP contribution in [0.1, 0.15) is 18.6 Å². The molecule has 4 aromatic rings. The molecule has 0 radical (unpaired) electrons. The Morgan fingerprint density at radius 2 is 1.88 bits per heavy atom. The molecule has 25 heavy (non-hydrogen) atoms. The van der Waals surface area contributed by atoms with Gasteiger partial charge in [-0.2, -0.15) is 0 Å². The number of fused-ring (bicyclic) bond motifs is 1. The molecule has 0 saturated heterocycles. The normalized spacial score (nSPS) is 12.2. The van der Waals surface area contributed by atoms with Crippen molar-refractivity contribution in [2.75, 3.05) is 5.32 Å². The van der Waals surface area contributed by atoms with E-state index in [0.29, 0.717) is 11.4 Å². The average Bonchev–Trinajstić information content (AvgIpc) is 3.30. The van der Waals surface area contributed by atoms with Crippen LogP contribution in [0.3, 0.4) is 0 Å². The molecule has 2 aromatic heterocycles. The highest BCUT2D eigenvalue weighted by molar-refractivity contribution is 5.96. The minimum absolute atomic E-state index is 0.125. The lowest BCUT2D eigenvalue weighted by Crippen LogP contribution is -2.18. The fraction of sp³-hybridized carbons (Fsp3) is 0.105. The second-order valence-electron chi connectivity index (χ2n) is 5.82. The lowest BCUT2D eigenvalue weighted by Gasteiger charge is -2.11. The predicted octanol–water partition coefficient (Wildman–Crippen LogP) is 3.76. The predicted molar refractivity (Wildman–Crippen MR) is 94.6 cm³/mol. The van der Waals surface area contributed by atoms with E-state index in [-0.39, 0.29) is 5.91 Å². The molecule has 6 nitrogen and oxygen atoms in total. The fourth-order valence-electron chi connectivity index (χ4n) is 2.67. The molecule has 0 fully saturated rings. The summed E-state index contributed by atoms with van der Waals surface area (Å²) in [6, 6.07) is 17.1. The van der Waals surface area contributed by atoms with Crippen LogP contribution < -0.4 is 5.32 Å². The fourth-order valence-corrected chi connectivity index (χ4v) is 2.67. The van der Waals surface area contributed by atoms with Gasteiger partial charge in [-0.3, -0.25) is 9.36 Å². The summed E-state index contributed by atoms with van der Waals surface area (Å²) in [5.74, 6) is 0.125. The highest BCUT2D eigenvalue weighted by atomic mass is 16.3. The topological polar surface area (TPSA) is 73.0 Å². The highest BCUT2D eigenvalue weighted by Gasteiger charge is 2.19. The summed E-state index contributed by atoms with van der Waals surface area (Å²) in [5.41, 5.74) is 2.37. The zero-order valence-corrected chi connectivity index (χ0v) is 13.6. The van der Waals surface area contributed by atoms with Crippen LogP contribution >= 0.6 is 0 Å². The number of carbonyl (C=O) groups excluding carboxylic acids is 1. The van der Waals surface area contributed by atoms with Gasteiger partial charge in [0.25, 0.3) is 0 Å². The summed E-state index contributed by atoms with van der Waals surface area (Å²) in [6.45, 7) is 1.83. The minimum atomic E-state index is -0.397. The van der Waals surface area contributed by atoms with Crippen LogP contribution in [0.2, 0.25) is 0 Å². The van der Waals surface area contributed by atoms with Crippen molar-refractivity contribution < 1.29 is 9.21 Å². The Bertz CT molecular complexity index is 988. The molecule has 0 saturated carbocycles. The van der Waals surface area contributed by atoms with E-state index in [9.17, 15) is 4.79 Å². The molecule has 0 aliphatic heterocycles. The van der Waals surface area contributed by atoms with Crippen LogP contribution in [0.25, 0.3) is 16.7 Å². The van der Waals surface area contributed by atoms with Gasteiger partial charge in [0.05, 0.1) is 11.6 Å². The zero-order chi connectivity index (χ0) is 17.2. The third-order valence-corrected chi connectivity index (χ3v) is 4.10. The minimum Gasteiger partial charge on any atom is -0.460 e. The van der Waals surface area contributed by atoms with E-state index in [4.69, 9.17) is 4.42 Å². The third-order valence-electron chi connectivity index (χ3n) is 4.10. The van der Waals surface area contributed by atoms with Gasteiger partial charge in [0.1, 0.15) is 24.0 Å². The number of anilines is 1. The molecule has 0 aliphatic carbocycles. The molecule has 1 amide bonds. The van der Waals surface area contributed by atoms with E-state index >= 15 is 0 Å². The van der Waals surface area contributed by atoms with Crippen LogP contribution in [-0.2, 0) is 4.79 Å². The Kier molecular flexibility index (Phi) is 3.78. The van der Waals surface area contributed by atoms with Crippen LogP contribution in [-0.4, -0.2) is 20.7 Å². The first-order valence-corrected chi connectivity index (χ1v) is 7.95. The summed E-state index contributed by atoms with van der Waals surface area (Å²) in [4.78, 5) is 12.6. The van der Waals surface area contributed by atoms with Crippen molar-refractivity contribution in [1.82, 2.24) is 14.8 Å². The number of amides is 1. The standard InChI is InChI=1S/C19H16N4O2/c1-13(18-9-14-5-2-3-8-17(14)25-18)19(24)22-15-6-4-7-16(10-15)23-11-20-21-12-23/h2-13H,1H3,(H,22,24). The zero-order valence-electron chi connectivity index (χ0n) is 13.6. The lowest BCUT2D eigenvalue weighted by molar-refractivity contribution is -0.117. The van der Waals surface area contributed by atoms with Crippen molar-refractivity contribution in [2.24, 2.45) is 0 Å². The highest BCUT2D eigenvalue weighted by Crippen LogP contribution is 2.26. The summed E-state index contributed by atoms with van der Waals surface area (Å²) >= 11 is 0. The van der Waals surface area contributed by atoms with Gasteiger partial charge in [0.2, 0.25) is 5.91 Å². The van der Waals surface area contributed by atoms with Crippen molar-refractivity contribution in [2.45, 2.75) is 12.8 Å². The molecule has 2 aromatic carbocycles. The maximum atomic E-state index is 12.6. The van der Waals surface area contributed by atoms with Gasteiger partial charge in [-0.15, -0.1) is 10.2 Å². The number of carbonyl (C=O) groups is 1. The third kappa shape index (κ3) is 3.01. The number of hydrogen-bond acceptors (Lipinski definition) is 4. The van der Waals surface area contributed by atoms with E-state index in [1.54, 1.807) is 17.2 Å². The van der Waals surface area contributed by atoms with Crippen molar-refractivity contribution in [3.05, 3.63) is 73.0 Å². The van der Waals surface area contributed by atoms with Crippen molar-refractivity contribution >= 4 is 22.6 Å². The number of furan rings is 1. The maximum Gasteiger partial charge on any atom is 0.234 e. The van der Waals surface area contributed by atoms with Gasteiger partial charge < -0.3 is 9.73 Å². The summed E-state index contributed by atoms with van der Waals surface area (Å²) < 4.78 is 7.57. The quantitative estimate of drug-likeness (QED) is 0.617. The number of nitrogens with zero attached hydrogens (tertiary/aromatic N) is 3. The van der Waals surface area contributed by atoms with Crippen LogP contribution in [0.5, 0.6) is 0 Å². The van der Waals surface area contributed by atoms with E-state index in [1.165, 1.54) is 0 Å². The van der Waals surface area contributed by atoms with E-state index in [0.717, 1.165) is 16.7 Å². The van der Waals surface area contributed by atoms with E-state index in [2.05, 4.69) is 15.5 Å². The SMILES string of the molecule is CC(C(=O)Nc1cccc(-n2cnnc2)c1)c1cc2ccccc2o1. The number of para-hydroxylation sites is 1. The molecule has 0 aliphatic rings. The number of nitrogens with one attached hydrogen (secondary N) is 1. The van der Waals surface area contributed by atoms with E-state index < -0.39 is 5.92 Å². The molecule has 1 N–H and O–H groups in total. The second-order valence-corrected chi connectivity index (χ2v) is 5.82. The number of hydrogen-bond donors (Lipinski definition) is 1. The van der Waals surface area contributed by atoms with Crippen LogP contribution in [0.4, 0.5) is 5.69 Å². The summed E-state index contributed by atoms with van der Waals surface area (Å²) in [5, 5.41) is 11.5. The van der Waals surface area contributed by atoms with Crippen molar-refractivity contribution in [1.29, 1.82) is 0 Å². The molecule has 1 unspecified atom stereocenters. The summed E-state index contributed by atoms with van der Waals surface area (Å²) in [7, 11) is 0. The van der Waals surface area contributed by atoms with Gasteiger partial charge in [-0.1, -0.05) is 24.3 Å². The molecule has 0 spiro atoms. The van der Waals surface area contributed by atoms with Crippen molar-refractivity contribution in [3.63, 3.8) is 0 Å². The summed E-state index contributed by atoms with van der Waals surface area (Å²) in [6.07, 6.45) is 3.22. The monoisotopic (exact) mass is 332 g/mol. The van der Waals surface area contributed by atoms with Gasteiger partial charge in [-0.05, 0) is 37.3 Å². The van der Waals surface area contributed by atoms with E-state index in [1.807, 2.05) is 61.5 Å². The Hall–Kier alpha value is -3.41. The first-order chi connectivity index (χ1) is 12.2. The van der Waals surface area contributed by atoms with Gasteiger partial charge in [0, 0.05) is 11.1 Å². The second kappa shape index (κ2) is 6.24. The first kappa shape index (κ1) is 15.1. The van der Waals surface area contributed by atoms with Gasteiger partial charge in [0.15, 0.2) is 0 Å². The molecule has 6 heteroatoms. The molecule has 0 bridgehead atoms. The molecule has 1 atom stereocenters. The molecule has 2 heterocycles. The molecular formula is C19H16N4O2. The Morgan fingerprint density at radius 3 is 2.68 bits per heavy atom. The van der Waals surface area contributed by atoms with Gasteiger partial charge >= 0.3 is 0 Å². The molecule has 124 valence electrons. The number of benzene rings is 2. The number of rotatable bonds is 4. The van der Waals surface area contributed by atoms with Crippen LogP contribution in [0, 0.1) is 0 Å². The lowest BCUT2D eigenvalue weighted by atomic mass is 10.1. The average molecular weight is 332 g/mol. The maximum absolute atomic E-state index is 12.6. The first-order valence-electron chi connectivity index (χ1n) is 7.95. The Morgan fingerprint density at radius 1 is 1.08 bits per heavy atom.